The zero-order valence-electron chi connectivity index (χ0n) is 10.4. The van der Waals surface area contributed by atoms with Crippen molar-refractivity contribution in [2.75, 3.05) is 18.5 Å². The number of aromatic nitrogens is 3. The first kappa shape index (κ1) is 13.7. The molecule has 0 radical (unpaired) electrons. The van der Waals surface area contributed by atoms with Gasteiger partial charge in [0.1, 0.15) is 13.2 Å². The summed E-state index contributed by atoms with van der Waals surface area (Å²) in [6.45, 7) is -0.869. The lowest BCUT2D eigenvalue weighted by Crippen LogP contribution is -2.21. The van der Waals surface area contributed by atoms with Gasteiger partial charge in [0.15, 0.2) is 5.82 Å². The molecule has 0 unspecified atom stereocenters. The largest absolute Gasteiger partial charge is 0.480 e. The average Bonchev–Trinajstić information content (AvgIpc) is 2.92. The molecule has 104 valence electrons. The second kappa shape index (κ2) is 6.43. The Morgan fingerprint density at radius 3 is 2.85 bits per heavy atom. The number of ether oxygens (including phenoxy) is 1. The minimum Gasteiger partial charge on any atom is -0.480 e. The van der Waals surface area contributed by atoms with E-state index >= 15 is 0 Å². The van der Waals surface area contributed by atoms with Crippen LogP contribution in [0.2, 0.25) is 0 Å². The molecule has 0 saturated heterocycles. The molecule has 0 fully saturated rings. The predicted octanol–water partition coefficient (Wildman–Crippen LogP) is 0.307. The summed E-state index contributed by atoms with van der Waals surface area (Å²) in [5.74, 6) is -1.13. The average molecular weight is 276 g/mol. The van der Waals surface area contributed by atoms with Crippen molar-refractivity contribution in [1.29, 1.82) is 0 Å². The quantitative estimate of drug-likeness (QED) is 0.786. The number of nitrogens with one attached hydrogen (secondary N) is 1. The fourth-order valence-corrected chi connectivity index (χ4v) is 1.49. The van der Waals surface area contributed by atoms with E-state index in [0.717, 1.165) is 0 Å². The normalized spacial score (nSPS) is 10.2. The molecule has 8 heteroatoms. The van der Waals surface area contributed by atoms with E-state index in [9.17, 15) is 9.59 Å². The van der Waals surface area contributed by atoms with Gasteiger partial charge in [-0.1, -0.05) is 0 Å². The zero-order valence-corrected chi connectivity index (χ0v) is 10.4. The molecule has 8 nitrogen and oxygen atoms in total. The molecule has 0 aliphatic carbocycles. The van der Waals surface area contributed by atoms with Crippen molar-refractivity contribution in [2.45, 2.75) is 0 Å². The molecular formula is C12H12N4O4. The van der Waals surface area contributed by atoms with Crippen molar-refractivity contribution in [3.8, 4) is 5.82 Å². The number of carbonyl (C=O) groups is 2. The highest BCUT2D eigenvalue weighted by Crippen LogP contribution is 2.15. The molecule has 0 saturated carbocycles. The highest BCUT2D eigenvalue weighted by Gasteiger charge is 2.10. The maximum Gasteiger partial charge on any atom is 0.329 e. The van der Waals surface area contributed by atoms with Crippen molar-refractivity contribution in [3.63, 3.8) is 0 Å². The lowest BCUT2D eigenvalue weighted by molar-refractivity contribution is -0.143. The third kappa shape index (κ3) is 3.62. The SMILES string of the molecule is O=C(O)COCC(=O)Nc1cccnc1-n1cccn1. The molecule has 2 N–H and O–H groups in total. The molecule has 2 aromatic rings. The van der Waals surface area contributed by atoms with Crippen LogP contribution in [-0.2, 0) is 14.3 Å². The van der Waals surface area contributed by atoms with Gasteiger partial charge in [-0.05, 0) is 18.2 Å². The summed E-state index contributed by atoms with van der Waals surface area (Å²) in [6, 6.07) is 5.07. The van der Waals surface area contributed by atoms with E-state index in [4.69, 9.17) is 9.84 Å². The van der Waals surface area contributed by atoms with Crippen LogP contribution in [0.1, 0.15) is 0 Å². The van der Waals surface area contributed by atoms with Gasteiger partial charge in [-0.2, -0.15) is 5.10 Å². The Morgan fingerprint density at radius 2 is 2.15 bits per heavy atom. The van der Waals surface area contributed by atoms with Crippen LogP contribution < -0.4 is 5.32 Å². The molecule has 2 rings (SSSR count). The van der Waals surface area contributed by atoms with Crippen molar-refractivity contribution in [3.05, 3.63) is 36.8 Å². The van der Waals surface area contributed by atoms with E-state index < -0.39 is 18.5 Å². The Bertz CT molecular complexity index is 597. The summed E-state index contributed by atoms with van der Waals surface area (Å²) in [7, 11) is 0. The number of carboxylic acid groups (broad SMARTS) is 1. The summed E-state index contributed by atoms with van der Waals surface area (Å²) >= 11 is 0. The lowest BCUT2D eigenvalue weighted by atomic mass is 10.3. The molecule has 0 spiro atoms. The van der Waals surface area contributed by atoms with Crippen molar-refractivity contribution in [1.82, 2.24) is 14.8 Å². The van der Waals surface area contributed by atoms with Gasteiger partial charge in [-0.25, -0.2) is 14.5 Å². The van der Waals surface area contributed by atoms with Crippen LogP contribution in [0.5, 0.6) is 0 Å². The van der Waals surface area contributed by atoms with Gasteiger partial charge in [0.05, 0.1) is 5.69 Å². The molecule has 1 amide bonds. The Kier molecular flexibility index (Phi) is 4.40. The molecule has 0 atom stereocenters. The van der Waals surface area contributed by atoms with E-state index in [2.05, 4.69) is 15.4 Å². The highest BCUT2D eigenvalue weighted by atomic mass is 16.5. The van der Waals surface area contributed by atoms with Crippen LogP contribution in [0.3, 0.4) is 0 Å². The van der Waals surface area contributed by atoms with Crippen LogP contribution in [0.25, 0.3) is 5.82 Å². The monoisotopic (exact) mass is 276 g/mol. The second-order valence-corrected chi connectivity index (χ2v) is 3.76. The standard InChI is InChI=1S/C12H12N4O4/c17-10(7-20-8-11(18)19)15-9-3-1-4-13-12(9)16-6-2-5-14-16/h1-6H,7-8H2,(H,15,17)(H,18,19). The van der Waals surface area contributed by atoms with E-state index in [0.29, 0.717) is 11.5 Å². The molecule has 20 heavy (non-hydrogen) atoms. The Hall–Kier alpha value is -2.74. The molecular weight excluding hydrogens is 264 g/mol. The third-order valence-corrected chi connectivity index (χ3v) is 2.24. The number of carbonyl (C=O) groups excluding carboxylic acids is 1. The number of rotatable bonds is 6. The molecule has 0 bridgehead atoms. The van der Waals surface area contributed by atoms with Gasteiger partial charge in [-0.15, -0.1) is 0 Å². The molecule has 0 aliphatic heterocycles. The fourth-order valence-electron chi connectivity index (χ4n) is 1.49. The third-order valence-electron chi connectivity index (χ3n) is 2.24. The molecule has 2 heterocycles. The van der Waals surface area contributed by atoms with Gasteiger partial charge in [0.25, 0.3) is 0 Å². The Labute approximate surface area is 114 Å². The van der Waals surface area contributed by atoms with Crippen LogP contribution in [-0.4, -0.2) is 45.0 Å². The van der Waals surface area contributed by atoms with Gasteiger partial charge < -0.3 is 15.2 Å². The molecule has 0 aliphatic rings. The molecule has 0 aromatic carbocycles. The van der Waals surface area contributed by atoms with Crippen molar-refractivity contribution < 1.29 is 19.4 Å². The molecule has 2 aromatic heterocycles. The number of nitrogens with zero attached hydrogens (tertiary/aromatic N) is 3. The van der Waals surface area contributed by atoms with E-state index in [1.54, 1.807) is 36.8 Å². The Balaban J connectivity index is 2.03. The number of hydrogen-bond donors (Lipinski definition) is 2. The van der Waals surface area contributed by atoms with Crippen molar-refractivity contribution in [2.24, 2.45) is 0 Å². The van der Waals surface area contributed by atoms with Crippen molar-refractivity contribution >= 4 is 17.6 Å². The number of hydrogen-bond acceptors (Lipinski definition) is 5. The number of pyridine rings is 1. The van der Waals surface area contributed by atoms with E-state index in [-0.39, 0.29) is 6.61 Å². The highest BCUT2D eigenvalue weighted by molar-refractivity contribution is 5.93. The van der Waals surface area contributed by atoms with Gasteiger partial charge in [0, 0.05) is 18.6 Å². The zero-order chi connectivity index (χ0) is 14.4. The summed E-state index contributed by atoms with van der Waals surface area (Å²) in [6.07, 6.45) is 4.86. The number of carboxylic acids is 1. The lowest BCUT2D eigenvalue weighted by Gasteiger charge is -2.09. The van der Waals surface area contributed by atoms with E-state index in [1.165, 1.54) is 4.68 Å². The topological polar surface area (TPSA) is 106 Å². The minimum absolute atomic E-state index is 0.347. The van der Waals surface area contributed by atoms with E-state index in [1.807, 2.05) is 0 Å². The van der Waals surface area contributed by atoms with Crippen LogP contribution in [0.4, 0.5) is 5.69 Å². The maximum absolute atomic E-state index is 11.6. The van der Waals surface area contributed by atoms with Crippen LogP contribution in [0.15, 0.2) is 36.8 Å². The number of aliphatic carboxylic acids is 1. The first-order valence-electron chi connectivity index (χ1n) is 5.71. The van der Waals surface area contributed by atoms with Gasteiger partial charge in [0.2, 0.25) is 5.91 Å². The maximum atomic E-state index is 11.6. The summed E-state index contributed by atoms with van der Waals surface area (Å²) in [5.41, 5.74) is 0.458. The minimum atomic E-state index is -1.13. The predicted molar refractivity (Wildman–Crippen MR) is 68.4 cm³/mol. The summed E-state index contributed by atoms with van der Waals surface area (Å²) < 4.78 is 6.21. The summed E-state index contributed by atoms with van der Waals surface area (Å²) in [5, 5.41) is 15.0. The van der Waals surface area contributed by atoms with Gasteiger partial charge in [-0.3, -0.25) is 4.79 Å². The van der Waals surface area contributed by atoms with Gasteiger partial charge >= 0.3 is 5.97 Å². The number of anilines is 1. The number of amides is 1. The first-order chi connectivity index (χ1) is 9.66. The smallest absolute Gasteiger partial charge is 0.329 e. The van der Waals surface area contributed by atoms with Crippen LogP contribution in [0, 0.1) is 0 Å². The first-order valence-corrected chi connectivity index (χ1v) is 5.71. The summed E-state index contributed by atoms with van der Waals surface area (Å²) in [4.78, 5) is 26.0. The fraction of sp³-hybridized carbons (Fsp3) is 0.167. The second-order valence-electron chi connectivity index (χ2n) is 3.76. The van der Waals surface area contributed by atoms with Crippen LogP contribution >= 0.6 is 0 Å². The Morgan fingerprint density at radius 1 is 1.30 bits per heavy atom.